The lowest BCUT2D eigenvalue weighted by molar-refractivity contribution is 0.897. The van der Waals surface area contributed by atoms with Crippen LogP contribution in [0.1, 0.15) is 18.7 Å². The van der Waals surface area contributed by atoms with Crippen LogP contribution in [0.2, 0.25) is 0 Å². The van der Waals surface area contributed by atoms with E-state index in [2.05, 4.69) is 42.0 Å². The van der Waals surface area contributed by atoms with Crippen LogP contribution < -0.4 is 10.2 Å². The minimum absolute atomic E-state index is 0.533. The number of H-pyrrole nitrogens is 1. The molecular weight excluding hydrogens is 396 g/mol. The SMILES string of the molecule is c1ccc2[nH]c(CNc3nc(N4CCCC4)nc4c3ncn4-c3ccsc3)nc2c1. The van der Waals surface area contributed by atoms with Crippen LogP contribution in [0, 0.1) is 0 Å². The van der Waals surface area contributed by atoms with Gasteiger partial charge in [-0.25, -0.2) is 9.97 Å². The fraction of sp³-hybridized carbons (Fsp3) is 0.238. The number of nitrogens with zero attached hydrogens (tertiary/aromatic N) is 6. The highest BCUT2D eigenvalue weighted by molar-refractivity contribution is 7.08. The Balaban J connectivity index is 1.40. The Bertz CT molecular complexity index is 1280. The lowest BCUT2D eigenvalue weighted by atomic mass is 10.3. The maximum Gasteiger partial charge on any atom is 0.229 e. The topological polar surface area (TPSA) is 87.5 Å². The van der Waals surface area contributed by atoms with Crippen molar-refractivity contribution in [2.45, 2.75) is 19.4 Å². The molecule has 8 nitrogen and oxygen atoms in total. The number of benzene rings is 1. The van der Waals surface area contributed by atoms with E-state index in [9.17, 15) is 0 Å². The summed E-state index contributed by atoms with van der Waals surface area (Å²) in [5, 5.41) is 7.60. The van der Waals surface area contributed by atoms with Crippen LogP contribution in [-0.4, -0.2) is 42.6 Å². The number of aromatic amines is 1. The molecule has 1 aliphatic heterocycles. The van der Waals surface area contributed by atoms with Gasteiger partial charge in [-0.3, -0.25) is 4.57 Å². The molecule has 5 aromatic rings. The molecule has 9 heteroatoms. The predicted molar refractivity (Wildman–Crippen MR) is 119 cm³/mol. The second-order valence-corrected chi connectivity index (χ2v) is 8.17. The first-order valence-corrected chi connectivity index (χ1v) is 11.0. The number of aromatic nitrogens is 6. The zero-order chi connectivity index (χ0) is 19.9. The quantitative estimate of drug-likeness (QED) is 0.451. The van der Waals surface area contributed by atoms with Crippen molar-refractivity contribution >= 4 is 45.3 Å². The molecule has 1 saturated heterocycles. The number of imidazole rings is 2. The standard InChI is InChI=1S/C21H20N8S/c1-2-6-16-15(5-1)24-17(25-16)11-22-19-18-20(27-21(26-19)28-8-3-4-9-28)29(13-23-18)14-7-10-30-12-14/h1-2,5-7,10,12-13H,3-4,8-9,11H2,(H,24,25)(H,22,26,27). The second kappa shape index (κ2) is 7.10. The van der Waals surface area contributed by atoms with Gasteiger partial charge in [0.25, 0.3) is 0 Å². The predicted octanol–water partition coefficient (Wildman–Crippen LogP) is 3.97. The Hall–Kier alpha value is -3.46. The number of hydrogen-bond donors (Lipinski definition) is 2. The summed E-state index contributed by atoms with van der Waals surface area (Å²) in [7, 11) is 0. The fourth-order valence-electron chi connectivity index (χ4n) is 3.91. The van der Waals surface area contributed by atoms with Gasteiger partial charge in [0.15, 0.2) is 17.0 Å². The van der Waals surface area contributed by atoms with E-state index in [1.165, 1.54) is 12.8 Å². The van der Waals surface area contributed by atoms with Crippen molar-refractivity contribution in [2.75, 3.05) is 23.3 Å². The molecule has 30 heavy (non-hydrogen) atoms. The minimum Gasteiger partial charge on any atom is -0.361 e. The second-order valence-electron chi connectivity index (χ2n) is 7.39. The van der Waals surface area contributed by atoms with Crippen molar-refractivity contribution < 1.29 is 0 Å². The summed E-state index contributed by atoms with van der Waals surface area (Å²) in [6.45, 7) is 2.51. The molecule has 2 N–H and O–H groups in total. The molecule has 0 spiro atoms. The molecule has 1 fully saturated rings. The van der Waals surface area contributed by atoms with Crippen LogP contribution in [0.15, 0.2) is 47.4 Å². The monoisotopic (exact) mass is 416 g/mol. The van der Waals surface area contributed by atoms with E-state index in [4.69, 9.17) is 9.97 Å². The summed E-state index contributed by atoms with van der Waals surface area (Å²) in [6, 6.07) is 10.1. The molecule has 0 unspecified atom stereocenters. The van der Waals surface area contributed by atoms with Gasteiger partial charge in [0.1, 0.15) is 12.2 Å². The summed E-state index contributed by atoms with van der Waals surface area (Å²) >= 11 is 1.66. The van der Waals surface area contributed by atoms with Crippen molar-refractivity contribution in [3.63, 3.8) is 0 Å². The van der Waals surface area contributed by atoms with Gasteiger partial charge < -0.3 is 15.2 Å². The molecular formula is C21H20N8S. The minimum atomic E-state index is 0.533. The number of rotatable bonds is 5. The van der Waals surface area contributed by atoms with Gasteiger partial charge in [0.2, 0.25) is 5.95 Å². The zero-order valence-electron chi connectivity index (χ0n) is 16.2. The van der Waals surface area contributed by atoms with Gasteiger partial charge in [-0.05, 0) is 36.4 Å². The van der Waals surface area contributed by atoms with E-state index in [1.807, 2.05) is 35.2 Å². The maximum atomic E-state index is 4.88. The molecule has 150 valence electrons. The average molecular weight is 417 g/mol. The zero-order valence-corrected chi connectivity index (χ0v) is 17.1. The van der Waals surface area contributed by atoms with E-state index < -0.39 is 0 Å². The van der Waals surface area contributed by atoms with Gasteiger partial charge in [-0.2, -0.15) is 21.3 Å². The molecule has 4 aromatic heterocycles. The third-order valence-corrected chi connectivity index (χ3v) is 6.09. The van der Waals surface area contributed by atoms with E-state index in [0.717, 1.165) is 58.6 Å². The van der Waals surface area contributed by atoms with E-state index >= 15 is 0 Å². The molecule has 0 bridgehead atoms. The lowest BCUT2D eigenvalue weighted by Gasteiger charge is -2.16. The molecule has 0 aliphatic carbocycles. The molecule has 6 rings (SSSR count). The molecule has 0 radical (unpaired) electrons. The highest BCUT2D eigenvalue weighted by Gasteiger charge is 2.20. The highest BCUT2D eigenvalue weighted by Crippen LogP contribution is 2.27. The number of nitrogens with one attached hydrogen (secondary N) is 2. The van der Waals surface area contributed by atoms with Gasteiger partial charge >= 0.3 is 0 Å². The van der Waals surface area contributed by atoms with Gasteiger partial charge in [-0.1, -0.05) is 12.1 Å². The van der Waals surface area contributed by atoms with Gasteiger partial charge in [0, 0.05) is 18.5 Å². The third-order valence-electron chi connectivity index (χ3n) is 5.42. The van der Waals surface area contributed by atoms with E-state index in [1.54, 1.807) is 11.3 Å². The van der Waals surface area contributed by atoms with E-state index in [-0.39, 0.29) is 0 Å². The van der Waals surface area contributed by atoms with Crippen LogP contribution >= 0.6 is 11.3 Å². The van der Waals surface area contributed by atoms with Crippen LogP contribution in [0.4, 0.5) is 11.8 Å². The smallest absolute Gasteiger partial charge is 0.229 e. The summed E-state index contributed by atoms with van der Waals surface area (Å²) in [5.74, 6) is 2.35. The maximum absolute atomic E-state index is 4.88. The number of para-hydroxylation sites is 2. The third kappa shape index (κ3) is 2.98. The highest BCUT2D eigenvalue weighted by atomic mass is 32.1. The Morgan fingerprint density at radius 2 is 1.97 bits per heavy atom. The Morgan fingerprint density at radius 1 is 1.07 bits per heavy atom. The van der Waals surface area contributed by atoms with Gasteiger partial charge in [-0.15, -0.1) is 0 Å². The lowest BCUT2D eigenvalue weighted by Crippen LogP contribution is -2.21. The summed E-state index contributed by atoms with van der Waals surface area (Å²) in [4.78, 5) is 24.6. The molecule has 5 heterocycles. The van der Waals surface area contributed by atoms with Crippen LogP contribution in [0.3, 0.4) is 0 Å². The van der Waals surface area contributed by atoms with E-state index in [0.29, 0.717) is 6.54 Å². The summed E-state index contributed by atoms with van der Waals surface area (Å²) in [6.07, 6.45) is 4.17. The molecule has 0 atom stereocenters. The summed E-state index contributed by atoms with van der Waals surface area (Å²) < 4.78 is 2.03. The molecule has 1 aromatic carbocycles. The van der Waals surface area contributed by atoms with Crippen LogP contribution in [-0.2, 0) is 6.54 Å². The summed E-state index contributed by atoms with van der Waals surface area (Å²) in [5.41, 5.74) is 4.64. The number of thiophene rings is 1. The first-order valence-electron chi connectivity index (χ1n) is 10.1. The van der Waals surface area contributed by atoms with Crippen molar-refractivity contribution in [3.8, 4) is 5.69 Å². The van der Waals surface area contributed by atoms with Crippen molar-refractivity contribution in [3.05, 3.63) is 53.2 Å². The Labute approximate surface area is 176 Å². The molecule has 0 amide bonds. The largest absolute Gasteiger partial charge is 0.361 e. The van der Waals surface area contributed by atoms with Gasteiger partial charge in [0.05, 0.1) is 23.3 Å². The van der Waals surface area contributed by atoms with Crippen molar-refractivity contribution in [1.82, 2.24) is 29.5 Å². The van der Waals surface area contributed by atoms with Crippen molar-refractivity contribution in [1.29, 1.82) is 0 Å². The number of hydrogen-bond acceptors (Lipinski definition) is 7. The number of fused-ring (bicyclic) bond motifs is 2. The first kappa shape index (κ1) is 17.4. The van der Waals surface area contributed by atoms with Crippen molar-refractivity contribution in [2.24, 2.45) is 0 Å². The average Bonchev–Trinajstić information content (AvgIpc) is 3.56. The Morgan fingerprint density at radius 3 is 2.80 bits per heavy atom. The fourth-order valence-corrected chi connectivity index (χ4v) is 4.54. The Kier molecular flexibility index (Phi) is 4.12. The van der Waals surface area contributed by atoms with Crippen LogP contribution in [0.5, 0.6) is 0 Å². The van der Waals surface area contributed by atoms with Crippen LogP contribution in [0.25, 0.3) is 27.9 Å². The normalized spacial score (nSPS) is 14.2. The first-order chi connectivity index (χ1) is 14.8. The molecule has 0 saturated carbocycles. The molecule has 1 aliphatic rings. The number of anilines is 2.